The van der Waals surface area contributed by atoms with Crippen LogP contribution in [0.2, 0.25) is 0 Å². The normalized spacial score (nSPS) is 14.7. The maximum atomic E-state index is 10.5. The second-order valence-corrected chi connectivity index (χ2v) is 4.20. The third-order valence-electron chi connectivity index (χ3n) is 3.04. The van der Waals surface area contributed by atoms with Crippen LogP contribution in [0.4, 0.5) is 0 Å². The molecule has 1 aromatic rings. The molecule has 15 heavy (non-hydrogen) atoms. The van der Waals surface area contributed by atoms with Gasteiger partial charge in [0.25, 0.3) is 0 Å². The molecule has 0 saturated carbocycles. The Morgan fingerprint density at radius 2 is 1.93 bits per heavy atom. The average Bonchev–Trinajstić information content (AvgIpc) is 2.26. The molecular formula is C13H16O2. The van der Waals surface area contributed by atoms with Crippen LogP contribution in [0.1, 0.15) is 36.0 Å². The van der Waals surface area contributed by atoms with E-state index < -0.39 is 5.97 Å². The zero-order chi connectivity index (χ0) is 10.7. The molecule has 0 heterocycles. The van der Waals surface area contributed by atoms with Crippen molar-refractivity contribution in [1.82, 2.24) is 0 Å². The SMILES string of the molecule is O=C(O)CCc1ccc2c(c1)CCCC2. The first-order valence-electron chi connectivity index (χ1n) is 5.58. The van der Waals surface area contributed by atoms with Crippen molar-refractivity contribution in [3.8, 4) is 0 Å². The standard InChI is InChI=1S/C13H16O2/c14-13(15)8-6-10-5-7-11-3-1-2-4-12(11)9-10/h5,7,9H,1-4,6,8H2,(H,14,15). The van der Waals surface area contributed by atoms with Gasteiger partial charge in [0.2, 0.25) is 0 Å². The van der Waals surface area contributed by atoms with Crippen LogP contribution < -0.4 is 0 Å². The van der Waals surface area contributed by atoms with Crippen LogP contribution in [-0.4, -0.2) is 11.1 Å². The number of aliphatic carboxylic acids is 1. The van der Waals surface area contributed by atoms with Crippen molar-refractivity contribution in [3.63, 3.8) is 0 Å². The molecule has 0 atom stereocenters. The van der Waals surface area contributed by atoms with Crippen molar-refractivity contribution in [3.05, 3.63) is 34.9 Å². The molecule has 2 heteroatoms. The highest BCUT2D eigenvalue weighted by molar-refractivity contribution is 5.67. The van der Waals surface area contributed by atoms with Gasteiger partial charge in [0.1, 0.15) is 0 Å². The van der Waals surface area contributed by atoms with Crippen molar-refractivity contribution < 1.29 is 9.90 Å². The summed E-state index contributed by atoms with van der Waals surface area (Å²) in [5, 5.41) is 8.61. The predicted molar refractivity (Wildman–Crippen MR) is 59.0 cm³/mol. The zero-order valence-electron chi connectivity index (χ0n) is 8.83. The molecule has 0 unspecified atom stereocenters. The number of hydrogen-bond acceptors (Lipinski definition) is 1. The lowest BCUT2D eigenvalue weighted by atomic mass is 9.90. The highest BCUT2D eigenvalue weighted by Gasteiger charge is 2.09. The summed E-state index contributed by atoms with van der Waals surface area (Å²) in [6, 6.07) is 6.44. The van der Waals surface area contributed by atoms with Gasteiger partial charge in [-0.1, -0.05) is 18.2 Å². The largest absolute Gasteiger partial charge is 0.481 e. The molecule has 2 rings (SSSR count). The van der Waals surface area contributed by atoms with E-state index in [0.29, 0.717) is 6.42 Å². The molecular weight excluding hydrogens is 188 g/mol. The highest BCUT2D eigenvalue weighted by Crippen LogP contribution is 2.22. The number of aryl methyl sites for hydroxylation is 3. The Labute approximate surface area is 89.9 Å². The van der Waals surface area contributed by atoms with Gasteiger partial charge in [-0.15, -0.1) is 0 Å². The molecule has 1 aliphatic rings. The van der Waals surface area contributed by atoms with E-state index in [4.69, 9.17) is 5.11 Å². The molecule has 1 aliphatic carbocycles. The molecule has 2 nitrogen and oxygen atoms in total. The van der Waals surface area contributed by atoms with E-state index >= 15 is 0 Å². The number of carbonyl (C=O) groups is 1. The third kappa shape index (κ3) is 2.58. The minimum Gasteiger partial charge on any atom is -0.481 e. The summed E-state index contributed by atoms with van der Waals surface area (Å²) in [4.78, 5) is 10.5. The molecule has 0 spiro atoms. The number of fused-ring (bicyclic) bond motifs is 1. The van der Waals surface area contributed by atoms with Crippen LogP contribution in [0.3, 0.4) is 0 Å². The van der Waals surface area contributed by atoms with Crippen molar-refractivity contribution in [2.45, 2.75) is 38.5 Å². The molecule has 0 fully saturated rings. The quantitative estimate of drug-likeness (QED) is 0.821. The average molecular weight is 204 g/mol. The smallest absolute Gasteiger partial charge is 0.303 e. The number of hydrogen-bond donors (Lipinski definition) is 1. The van der Waals surface area contributed by atoms with Gasteiger partial charge in [-0.25, -0.2) is 0 Å². The third-order valence-corrected chi connectivity index (χ3v) is 3.04. The first-order chi connectivity index (χ1) is 7.25. The zero-order valence-corrected chi connectivity index (χ0v) is 8.83. The Hall–Kier alpha value is -1.31. The van der Waals surface area contributed by atoms with Crippen molar-refractivity contribution in [2.75, 3.05) is 0 Å². The Morgan fingerprint density at radius 1 is 1.20 bits per heavy atom. The van der Waals surface area contributed by atoms with Crippen molar-refractivity contribution in [1.29, 1.82) is 0 Å². The van der Waals surface area contributed by atoms with Crippen LogP contribution in [0.25, 0.3) is 0 Å². The first-order valence-corrected chi connectivity index (χ1v) is 5.58. The predicted octanol–water partition coefficient (Wildman–Crippen LogP) is 2.58. The van der Waals surface area contributed by atoms with Gasteiger partial charge in [-0.3, -0.25) is 4.79 Å². The summed E-state index contributed by atoms with van der Waals surface area (Å²) in [7, 11) is 0. The Balaban J connectivity index is 2.10. The Kier molecular flexibility index (Phi) is 3.05. The van der Waals surface area contributed by atoms with Gasteiger partial charge >= 0.3 is 5.97 Å². The highest BCUT2D eigenvalue weighted by atomic mass is 16.4. The lowest BCUT2D eigenvalue weighted by molar-refractivity contribution is -0.136. The fraction of sp³-hybridized carbons (Fsp3) is 0.462. The van der Waals surface area contributed by atoms with E-state index in [1.54, 1.807) is 0 Å². The summed E-state index contributed by atoms with van der Waals surface area (Å²) in [6.45, 7) is 0. The van der Waals surface area contributed by atoms with Crippen LogP contribution in [0, 0.1) is 0 Å². The molecule has 0 amide bonds. The lowest BCUT2D eigenvalue weighted by Gasteiger charge is -2.16. The second-order valence-electron chi connectivity index (χ2n) is 4.20. The molecule has 0 bridgehead atoms. The van der Waals surface area contributed by atoms with Gasteiger partial charge in [0, 0.05) is 6.42 Å². The van der Waals surface area contributed by atoms with Gasteiger partial charge in [-0.05, 0) is 48.8 Å². The number of rotatable bonds is 3. The van der Waals surface area contributed by atoms with Crippen LogP contribution in [0.15, 0.2) is 18.2 Å². The minimum absolute atomic E-state index is 0.235. The van der Waals surface area contributed by atoms with Gasteiger partial charge in [0.15, 0.2) is 0 Å². The first kappa shape index (κ1) is 10.2. The van der Waals surface area contributed by atoms with Gasteiger partial charge in [-0.2, -0.15) is 0 Å². The second kappa shape index (κ2) is 4.47. The maximum absolute atomic E-state index is 10.5. The summed E-state index contributed by atoms with van der Waals surface area (Å²) in [5.41, 5.74) is 4.06. The topological polar surface area (TPSA) is 37.3 Å². The fourth-order valence-electron chi connectivity index (χ4n) is 2.19. The van der Waals surface area contributed by atoms with E-state index in [-0.39, 0.29) is 6.42 Å². The lowest BCUT2D eigenvalue weighted by Crippen LogP contribution is -2.04. The van der Waals surface area contributed by atoms with Gasteiger partial charge < -0.3 is 5.11 Å². The number of carboxylic acids is 1. The summed E-state index contributed by atoms with van der Waals surface area (Å²) < 4.78 is 0. The van der Waals surface area contributed by atoms with Crippen LogP contribution >= 0.6 is 0 Å². The number of benzene rings is 1. The molecule has 0 aromatic heterocycles. The van der Waals surface area contributed by atoms with Crippen LogP contribution in [-0.2, 0) is 24.1 Å². The van der Waals surface area contributed by atoms with Gasteiger partial charge in [0.05, 0.1) is 0 Å². The molecule has 0 radical (unpaired) electrons. The van der Waals surface area contributed by atoms with E-state index in [2.05, 4.69) is 18.2 Å². The van der Waals surface area contributed by atoms with Crippen LogP contribution in [0.5, 0.6) is 0 Å². The van der Waals surface area contributed by atoms with E-state index in [0.717, 1.165) is 12.0 Å². The molecule has 1 aromatic carbocycles. The molecule has 1 N–H and O–H groups in total. The fourth-order valence-corrected chi connectivity index (χ4v) is 2.19. The van der Waals surface area contributed by atoms with Crippen molar-refractivity contribution >= 4 is 5.97 Å². The Bertz CT molecular complexity index is 369. The van der Waals surface area contributed by atoms with E-state index in [1.165, 1.54) is 30.4 Å². The number of carboxylic acid groups (broad SMARTS) is 1. The Morgan fingerprint density at radius 3 is 2.67 bits per heavy atom. The van der Waals surface area contributed by atoms with E-state index in [1.807, 2.05) is 0 Å². The summed E-state index contributed by atoms with van der Waals surface area (Å²) >= 11 is 0. The summed E-state index contributed by atoms with van der Waals surface area (Å²) in [5.74, 6) is -0.715. The monoisotopic (exact) mass is 204 g/mol. The summed E-state index contributed by atoms with van der Waals surface area (Å²) in [6.07, 6.45) is 5.81. The molecule has 0 saturated heterocycles. The molecule has 0 aliphatic heterocycles. The van der Waals surface area contributed by atoms with Crippen molar-refractivity contribution in [2.24, 2.45) is 0 Å². The minimum atomic E-state index is -0.715. The maximum Gasteiger partial charge on any atom is 0.303 e. The van der Waals surface area contributed by atoms with E-state index in [9.17, 15) is 4.79 Å². The molecule has 80 valence electrons.